The zero-order chi connectivity index (χ0) is 35.2. The van der Waals surface area contributed by atoms with Gasteiger partial charge in [0.05, 0.1) is 0 Å². The lowest BCUT2D eigenvalue weighted by Crippen LogP contribution is -2.37. The third kappa shape index (κ3) is 32.9. The Kier molecular flexibility index (Phi) is 37.0. The van der Waals surface area contributed by atoms with E-state index in [0.717, 1.165) is 25.7 Å². The number of hydrogen-bond donors (Lipinski definition) is 2. The van der Waals surface area contributed by atoms with E-state index >= 15 is 0 Å². The van der Waals surface area contributed by atoms with Gasteiger partial charge in [0.1, 0.15) is 0 Å². The molecule has 0 aliphatic heterocycles. The summed E-state index contributed by atoms with van der Waals surface area (Å²) in [5.41, 5.74) is 11.5. The Labute approximate surface area is 300 Å². The molecule has 2 unspecified atom stereocenters. The Balaban J connectivity index is 3.78. The maximum Gasteiger partial charge on any atom is 0.221 e. The van der Waals surface area contributed by atoms with Gasteiger partial charge < -0.3 is 11.5 Å². The lowest BCUT2D eigenvalue weighted by Gasteiger charge is -2.22. The zero-order valence-electron chi connectivity index (χ0n) is 32.5. The van der Waals surface area contributed by atoms with E-state index in [-0.39, 0.29) is 11.8 Å². The quantitative estimate of drug-likeness (QED) is 0.0503. The number of primary amides is 2. The van der Waals surface area contributed by atoms with Crippen molar-refractivity contribution in [3.63, 3.8) is 0 Å². The van der Waals surface area contributed by atoms with Crippen LogP contribution in [0.2, 0.25) is 0 Å². The molecule has 4 heteroatoms. The molecule has 0 aliphatic rings. The lowest BCUT2D eigenvalue weighted by atomic mass is 9.83. The molecule has 0 aliphatic carbocycles. The summed E-state index contributed by atoms with van der Waals surface area (Å²) in [6.45, 7) is 4.55. The van der Waals surface area contributed by atoms with Crippen LogP contribution in [-0.4, -0.2) is 11.8 Å². The van der Waals surface area contributed by atoms with Crippen LogP contribution < -0.4 is 11.5 Å². The number of amides is 2. The monoisotopic (exact) mass is 673 g/mol. The highest BCUT2D eigenvalue weighted by molar-refractivity contribution is 5.85. The van der Waals surface area contributed by atoms with Crippen molar-refractivity contribution in [3.05, 3.63) is 24.3 Å². The van der Waals surface area contributed by atoms with Crippen LogP contribution in [0.5, 0.6) is 0 Å². The highest BCUT2D eigenvalue weighted by atomic mass is 16.2. The predicted molar refractivity (Wildman–Crippen MR) is 212 cm³/mol. The minimum absolute atomic E-state index is 0.350. The number of nitrogens with two attached hydrogens (primary N) is 2. The fourth-order valence-electron chi connectivity index (χ4n) is 7.01. The molecular weight excluding hydrogens is 588 g/mol. The molecule has 2 amide bonds. The maximum absolute atomic E-state index is 12.3. The number of allylic oxidation sites excluding steroid dienone is 4. The van der Waals surface area contributed by atoms with Crippen LogP contribution in [-0.2, 0) is 9.59 Å². The van der Waals surface area contributed by atoms with E-state index < -0.39 is 11.8 Å². The van der Waals surface area contributed by atoms with Crippen LogP contribution in [0.1, 0.15) is 232 Å². The molecule has 0 spiro atoms. The Bertz CT molecular complexity index is 684. The fourth-order valence-corrected chi connectivity index (χ4v) is 7.01. The SMILES string of the molecule is CCCCCCCC/C=C\CCCCCCCCCCC(C(N)=O)C(CCCCCCCCCC/C=C\CCCCCCCC)C(N)=O. The second kappa shape index (κ2) is 38.2. The maximum atomic E-state index is 12.3. The van der Waals surface area contributed by atoms with E-state index in [0.29, 0.717) is 12.8 Å². The molecule has 0 saturated heterocycles. The summed E-state index contributed by atoms with van der Waals surface area (Å²) >= 11 is 0. The first-order valence-corrected chi connectivity index (χ1v) is 21.4. The first-order valence-electron chi connectivity index (χ1n) is 21.4. The van der Waals surface area contributed by atoms with Crippen LogP contribution in [0, 0.1) is 11.8 Å². The largest absolute Gasteiger partial charge is 0.369 e. The first-order chi connectivity index (χ1) is 23.5. The Morgan fingerprint density at radius 2 is 0.562 bits per heavy atom. The molecule has 0 saturated carbocycles. The second-order valence-corrected chi connectivity index (χ2v) is 14.9. The van der Waals surface area contributed by atoms with Crippen LogP contribution in [0.15, 0.2) is 24.3 Å². The average Bonchev–Trinajstić information content (AvgIpc) is 3.07. The van der Waals surface area contributed by atoms with Gasteiger partial charge in [-0.1, -0.05) is 192 Å². The number of hydrogen-bond acceptors (Lipinski definition) is 2. The summed E-state index contributed by atoms with van der Waals surface area (Å²) in [4.78, 5) is 24.5. The summed E-state index contributed by atoms with van der Waals surface area (Å²) in [5, 5.41) is 0. The van der Waals surface area contributed by atoms with Crippen LogP contribution >= 0.6 is 0 Å². The summed E-state index contributed by atoms with van der Waals surface area (Å²) < 4.78 is 0. The lowest BCUT2D eigenvalue weighted by molar-refractivity contribution is -0.132. The standard InChI is InChI=1S/C44H84N2O2/c1-3-5-7-9-11-13-15-17-19-21-23-25-27-29-31-33-35-37-39-41(43(45)47)42(44(46)48)40-38-36-34-32-30-28-26-24-22-20-18-16-14-12-10-8-6-4-2/h17-20,41-42H,3-16,21-40H2,1-2H3,(H2,45,47)(H2,46,48)/b19-17-,20-18-. The van der Waals surface area contributed by atoms with Gasteiger partial charge >= 0.3 is 0 Å². The number of carbonyl (C=O) groups is 2. The van der Waals surface area contributed by atoms with Crippen LogP contribution in [0.3, 0.4) is 0 Å². The zero-order valence-corrected chi connectivity index (χ0v) is 32.5. The van der Waals surface area contributed by atoms with Gasteiger partial charge in [0.25, 0.3) is 0 Å². The molecule has 48 heavy (non-hydrogen) atoms. The normalized spacial score (nSPS) is 13.1. The van der Waals surface area contributed by atoms with Crippen molar-refractivity contribution < 1.29 is 9.59 Å². The predicted octanol–water partition coefficient (Wildman–Crippen LogP) is 13.6. The summed E-state index contributed by atoms with van der Waals surface area (Å²) in [6.07, 6.45) is 51.9. The fraction of sp³-hybridized carbons (Fsp3) is 0.864. The molecule has 0 rings (SSSR count). The van der Waals surface area contributed by atoms with Crippen molar-refractivity contribution >= 4 is 11.8 Å². The van der Waals surface area contributed by atoms with Gasteiger partial charge in [-0.3, -0.25) is 9.59 Å². The molecule has 0 heterocycles. The molecule has 0 fully saturated rings. The van der Waals surface area contributed by atoms with E-state index in [9.17, 15) is 9.59 Å². The van der Waals surface area contributed by atoms with Gasteiger partial charge in [0.15, 0.2) is 0 Å². The third-order valence-electron chi connectivity index (χ3n) is 10.3. The van der Waals surface area contributed by atoms with Crippen molar-refractivity contribution in [2.45, 2.75) is 232 Å². The van der Waals surface area contributed by atoms with Crippen molar-refractivity contribution in [2.24, 2.45) is 23.3 Å². The molecule has 0 aromatic carbocycles. The minimum Gasteiger partial charge on any atom is -0.369 e. The smallest absolute Gasteiger partial charge is 0.221 e. The molecule has 4 N–H and O–H groups in total. The highest BCUT2D eigenvalue weighted by Crippen LogP contribution is 2.25. The van der Waals surface area contributed by atoms with E-state index in [2.05, 4.69) is 38.2 Å². The van der Waals surface area contributed by atoms with Gasteiger partial charge in [0.2, 0.25) is 11.8 Å². The van der Waals surface area contributed by atoms with Crippen molar-refractivity contribution in [2.75, 3.05) is 0 Å². The first kappa shape index (κ1) is 46.4. The van der Waals surface area contributed by atoms with Crippen LogP contribution in [0.25, 0.3) is 0 Å². The van der Waals surface area contributed by atoms with Crippen molar-refractivity contribution in [1.82, 2.24) is 0 Å². The minimum atomic E-state index is -0.406. The Morgan fingerprint density at radius 1 is 0.354 bits per heavy atom. The molecule has 4 nitrogen and oxygen atoms in total. The van der Waals surface area contributed by atoms with Gasteiger partial charge in [-0.05, 0) is 64.2 Å². The molecule has 282 valence electrons. The van der Waals surface area contributed by atoms with E-state index in [4.69, 9.17) is 11.5 Å². The number of rotatable bonds is 39. The average molecular weight is 673 g/mol. The molecular formula is C44H84N2O2. The van der Waals surface area contributed by atoms with Gasteiger partial charge in [-0.2, -0.15) is 0 Å². The summed E-state index contributed by atoms with van der Waals surface area (Å²) in [7, 11) is 0. The highest BCUT2D eigenvalue weighted by Gasteiger charge is 2.30. The second-order valence-electron chi connectivity index (χ2n) is 14.9. The molecule has 2 atom stereocenters. The van der Waals surface area contributed by atoms with Crippen molar-refractivity contribution in [1.29, 1.82) is 0 Å². The molecule has 0 aromatic rings. The van der Waals surface area contributed by atoms with E-state index in [1.54, 1.807) is 0 Å². The van der Waals surface area contributed by atoms with Crippen LogP contribution in [0.4, 0.5) is 0 Å². The molecule has 0 aromatic heterocycles. The third-order valence-corrected chi connectivity index (χ3v) is 10.3. The Hall–Kier alpha value is -1.58. The van der Waals surface area contributed by atoms with Gasteiger partial charge in [-0.25, -0.2) is 0 Å². The summed E-state index contributed by atoms with van der Waals surface area (Å²) in [5.74, 6) is -1.51. The topological polar surface area (TPSA) is 86.2 Å². The van der Waals surface area contributed by atoms with E-state index in [1.807, 2.05) is 0 Å². The summed E-state index contributed by atoms with van der Waals surface area (Å²) in [6, 6.07) is 0. The number of unbranched alkanes of at least 4 members (excludes halogenated alkanes) is 28. The van der Waals surface area contributed by atoms with Crippen molar-refractivity contribution in [3.8, 4) is 0 Å². The number of carbonyl (C=O) groups excluding carboxylic acids is 2. The Morgan fingerprint density at radius 3 is 0.792 bits per heavy atom. The van der Waals surface area contributed by atoms with Gasteiger partial charge in [0, 0.05) is 11.8 Å². The van der Waals surface area contributed by atoms with Gasteiger partial charge in [-0.15, -0.1) is 0 Å². The molecule has 0 bridgehead atoms. The molecule has 0 radical (unpaired) electrons. The van der Waals surface area contributed by atoms with E-state index in [1.165, 1.54) is 180 Å².